The molecule has 5 nitrogen and oxygen atoms in total. The van der Waals surface area contributed by atoms with Gasteiger partial charge in [-0.05, 0) is 36.2 Å². The molecule has 0 heterocycles. The van der Waals surface area contributed by atoms with Crippen molar-refractivity contribution in [2.45, 2.75) is 18.2 Å². The number of hydrogen-bond acceptors (Lipinski definition) is 4. The lowest BCUT2D eigenvalue weighted by molar-refractivity contribution is 0.200. The summed E-state index contributed by atoms with van der Waals surface area (Å²) >= 11 is 0. The van der Waals surface area contributed by atoms with E-state index in [0.29, 0.717) is 23.6 Å². The molecule has 0 atom stereocenters. The van der Waals surface area contributed by atoms with Gasteiger partial charge in [-0.15, -0.1) is 0 Å². The number of amides is 1. The summed E-state index contributed by atoms with van der Waals surface area (Å²) in [7, 11) is -3.17. The summed E-state index contributed by atoms with van der Waals surface area (Å²) in [6.45, 7) is 2.02. The first-order chi connectivity index (χ1) is 11.0. The van der Waals surface area contributed by atoms with Crippen molar-refractivity contribution in [3.63, 3.8) is 0 Å². The average molecular weight is 333 g/mol. The maximum Gasteiger partial charge on any atom is 0.412 e. The maximum atomic E-state index is 11.7. The molecular formula is C17H19NO4S. The van der Waals surface area contributed by atoms with Gasteiger partial charge in [-0.2, -0.15) is 0 Å². The summed E-state index contributed by atoms with van der Waals surface area (Å²) in [5.74, 6) is 0.568. The van der Waals surface area contributed by atoms with E-state index in [1.807, 2.05) is 6.07 Å². The molecule has 0 saturated heterocycles. The second-order valence-corrected chi connectivity index (χ2v) is 7.20. The van der Waals surface area contributed by atoms with E-state index in [0.717, 1.165) is 5.56 Å². The zero-order valence-electron chi connectivity index (χ0n) is 12.9. The van der Waals surface area contributed by atoms with Crippen LogP contribution < -0.4 is 10.1 Å². The maximum absolute atomic E-state index is 11.7. The Morgan fingerprint density at radius 1 is 1.04 bits per heavy atom. The number of rotatable bonds is 6. The van der Waals surface area contributed by atoms with E-state index < -0.39 is 15.9 Å². The van der Waals surface area contributed by atoms with Crippen molar-refractivity contribution in [1.82, 2.24) is 5.32 Å². The van der Waals surface area contributed by atoms with Crippen LogP contribution in [0, 0.1) is 0 Å². The number of para-hydroxylation sites is 1. The Morgan fingerprint density at radius 3 is 2.30 bits per heavy atom. The quantitative estimate of drug-likeness (QED) is 0.882. The van der Waals surface area contributed by atoms with E-state index in [9.17, 15) is 13.2 Å². The van der Waals surface area contributed by atoms with Crippen LogP contribution in [0.4, 0.5) is 4.79 Å². The fraction of sp³-hybridized carbons (Fsp3) is 0.235. The van der Waals surface area contributed by atoms with Crippen molar-refractivity contribution in [1.29, 1.82) is 0 Å². The van der Waals surface area contributed by atoms with Gasteiger partial charge < -0.3 is 10.1 Å². The molecule has 0 aliphatic heterocycles. The highest BCUT2D eigenvalue weighted by atomic mass is 32.2. The molecule has 0 spiro atoms. The Balaban J connectivity index is 1.81. The average Bonchev–Trinajstić information content (AvgIpc) is 2.56. The van der Waals surface area contributed by atoms with Gasteiger partial charge in [0.2, 0.25) is 0 Å². The van der Waals surface area contributed by atoms with E-state index >= 15 is 0 Å². The molecule has 2 rings (SSSR count). The molecule has 0 fully saturated rings. The molecule has 1 N–H and O–H groups in total. The number of ether oxygens (including phenoxy) is 1. The van der Waals surface area contributed by atoms with Crippen molar-refractivity contribution >= 4 is 15.9 Å². The second-order valence-electron chi connectivity index (χ2n) is 4.93. The van der Waals surface area contributed by atoms with E-state index in [2.05, 4.69) is 5.32 Å². The van der Waals surface area contributed by atoms with Gasteiger partial charge in [-0.3, -0.25) is 0 Å². The summed E-state index contributed by atoms with van der Waals surface area (Å²) in [6, 6.07) is 15.5. The topological polar surface area (TPSA) is 72.5 Å². The molecule has 0 aromatic heterocycles. The minimum Gasteiger partial charge on any atom is -0.410 e. The zero-order valence-corrected chi connectivity index (χ0v) is 13.7. The van der Waals surface area contributed by atoms with Gasteiger partial charge in [-0.25, -0.2) is 13.2 Å². The summed E-state index contributed by atoms with van der Waals surface area (Å²) in [5.41, 5.74) is 0.945. The van der Waals surface area contributed by atoms with Gasteiger partial charge in [0.15, 0.2) is 9.84 Å². The molecule has 2 aromatic carbocycles. The summed E-state index contributed by atoms with van der Waals surface area (Å²) < 4.78 is 28.5. The molecule has 0 radical (unpaired) electrons. The normalized spacial score (nSPS) is 11.0. The monoisotopic (exact) mass is 333 g/mol. The number of benzene rings is 2. The largest absolute Gasteiger partial charge is 0.412 e. The molecule has 0 bridgehead atoms. The first-order valence-electron chi connectivity index (χ1n) is 7.33. The molecular weight excluding hydrogens is 314 g/mol. The lowest BCUT2D eigenvalue weighted by Gasteiger charge is -2.07. The van der Waals surface area contributed by atoms with Crippen molar-refractivity contribution < 1.29 is 17.9 Å². The number of nitrogens with one attached hydrogen (secondary N) is 1. The molecule has 6 heteroatoms. The standard InChI is InChI=1S/C17H19NO4S/c1-2-23(20,21)16-10-8-14(9-11-16)12-13-18-17(19)22-15-6-4-3-5-7-15/h3-11H,2,12-13H2,1H3,(H,18,19). The van der Waals surface area contributed by atoms with E-state index in [4.69, 9.17) is 4.74 Å². The molecule has 1 amide bonds. The van der Waals surface area contributed by atoms with Gasteiger partial charge in [0.05, 0.1) is 10.6 Å². The van der Waals surface area contributed by atoms with Crippen LogP contribution in [0.15, 0.2) is 59.5 Å². The van der Waals surface area contributed by atoms with Crippen LogP contribution >= 0.6 is 0 Å². The molecule has 122 valence electrons. The first-order valence-corrected chi connectivity index (χ1v) is 8.99. The predicted molar refractivity (Wildman–Crippen MR) is 88.3 cm³/mol. The van der Waals surface area contributed by atoms with Gasteiger partial charge in [-0.1, -0.05) is 37.3 Å². The third-order valence-electron chi connectivity index (χ3n) is 3.30. The molecule has 0 aliphatic rings. The molecule has 0 saturated carbocycles. The van der Waals surface area contributed by atoms with Crippen molar-refractivity contribution in [3.8, 4) is 5.75 Å². The van der Waals surface area contributed by atoms with Crippen LogP contribution in [0.1, 0.15) is 12.5 Å². The lowest BCUT2D eigenvalue weighted by Crippen LogP contribution is -2.28. The highest BCUT2D eigenvalue weighted by Crippen LogP contribution is 2.12. The van der Waals surface area contributed by atoms with E-state index in [-0.39, 0.29) is 5.75 Å². The summed E-state index contributed by atoms with van der Waals surface area (Å²) in [5, 5.41) is 2.66. The Hall–Kier alpha value is -2.34. The van der Waals surface area contributed by atoms with Crippen LogP contribution in [0.25, 0.3) is 0 Å². The minimum atomic E-state index is -3.17. The number of carbonyl (C=O) groups is 1. The van der Waals surface area contributed by atoms with Gasteiger partial charge in [0, 0.05) is 6.54 Å². The van der Waals surface area contributed by atoms with Gasteiger partial charge in [0.25, 0.3) is 0 Å². The van der Waals surface area contributed by atoms with E-state index in [1.54, 1.807) is 55.5 Å². The summed E-state index contributed by atoms with van der Waals surface area (Å²) in [4.78, 5) is 11.9. The first kappa shape index (κ1) is 17.0. The summed E-state index contributed by atoms with van der Waals surface area (Å²) in [6.07, 6.45) is 0.0810. The van der Waals surface area contributed by atoms with Crippen molar-refractivity contribution in [2.24, 2.45) is 0 Å². The minimum absolute atomic E-state index is 0.0826. The number of carbonyl (C=O) groups excluding carboxylic acids is 1. The molecule has 0 unspecified atom stereocenters. The van der Waals surface area contributed by atoms with Crippen LogP contribution in [-0.4, -0.2) is 26.8 Å². The van der Waals surface area contributed by atoms with E-state index in [1.165, 1.54) is 0 Å². The predicted octanol–water partition coefficient (Wildman–Crippen LogP) is 2.81. The van der Waals surface area contributed by atoms with Gasteiger partial charge in [0.1, 0.15) is 5.75 Å². The Morgan fingerprint density at radius 2 is 1.70 bits per heavy atom. The lowest BCUT2D eigenvalue weighted by atomic mass is 10.1. The second kappa shape index (κ2) is 7.78. The fourth-order valence-electron chi connectivity index (χ4n) is 1.97. The SMILES string of the molecule is CCS(=O)(=O)c1ccc(CCNC(=O)Oc2ccccc2)cc1. The third kappa shape index (κ3) is 5.10. The number of sulfone groups is 1. The van der Waals surface area contributed by atoms with Crippen LogP contribution in [0.5, 0.6) is 5.75 Å². The van der Waals surface area contributed by atoms with Crippen LogP contribution in [-0.2, 0) is 16.3 Å². The molecule has 0 aliphatic carbocycles. The molecule has 23 heavy (non-hydrogen) atoms. The van der Waals surface area contributed by atoms with Gasteiger partial charge >= 0.3 is 6.09 Å². The fourth-order valence-corrected chi connectivity index (χ4v) is 2.85. The highest BCUT2D eigenvalue weighted by molar-refractivity contribution is 7.91. The van der Waals surface area contributed by atoms with Crippen molar-refractivity contribution in [2.75, 3.05) is 12.3 Å². The number of hydrogen-bond donors (Lipinski definition) is 1. The highest BCUT2D eigenvalue weighted by Gasteiger charge is 2.10. The van der Waals surface area contributed by atoms with Crippen LogP contribution in [0.2, 0.25) is 0 Å². The zero-order chi connectivity index (χ0) is 16.7. The third-order valence-corrected chi connectivity index (χ3v) is 5.05. The van der Waals surface area contributed by atoms with Crippen molar-refractivity contribution in [3.05, 3.63) is 60.2 Å². The Labute approximate surface area is 136 Å². The van der Waals surface area contributed by atoms with Crippen LogP contribution in [0.3, 0.4) is 0 Å². The molecule has 2 aromatic rings. The smallest absolute Gasteiger partial charge is 0.410 e. The Bertz CT molecular complexity index is 740. The Kier molecular flexibility index (Phi) is 5.76.